The van der Waals surface area contributed by atoms with Gasteiger partial charge in [0.2, 0.25) is 11.9 Å². The van der Waals surface area contributed by atoms with Gasteiger partial charge in [-0.15, -0.1) is 0 Å². The number of aromatic nitrogens is 6. The van der Waals surface area contributed by atoms with Crippen LogP contribution in [0, 0.1) is 41.5 Å². The van der Waals surface area contributed by atoms with Crippen LogP contribution in [0.5, 0.6) is 0 Å². The Labute approximate surface area is 491 Å². The second-order valence-electron chi connectivity index (χ2n) is 21.6. The molecule has 0 saturated carbocycles. The number of rotatable bonds is 13. The lowest BCUT2D eigenvalue weighted by Gasteiger charge is -2.32. The number of benzene rings is 11. The summed E-state index contributed by atoms with van der Waals surface area (Å²) < 4.78 is 0. The summed E-state index contributed by atoms with van der Waals surface area (Å²) in [7, 11) is 0. The van der Waals surface area contributed by atoms with Crippen LogP contribution in [0.3, 0.4) is 0 Å². The third kappa shape index (κ3) is 10.5. The van der Waals surface area contributed by atoms with Crippen molar-refractivity contribution in [1.29, 1.82) is 0 Å². The largest absolute Gasteiger partial charge is 0.309 e. The van der Waals surface area contributed by atoms with E-state index >= 15 is 0 Å². The zero-order valence-electron chi connectivity index (χ0n) is 47.8. The Morgan fingerprint density at radius 3 is 1.08 bits per heavy atom. The lowest BCUT2D eigenvalue weighted by molar-refractivity contribution is 0.964. The van der Waals surface area contributed by atoms with Crippen LogP contribution in [0.25, 0.3) is 89.7 Å². The first-order valence-electron chi connectivity index (χ1n) is 28.4. The lowest BCUT2D eigenvalue weighted by atomic mass is 9.93. The molecule has 84 heavy (non-hydrogen) atoms. The predicted octanol–water partition coefficient (Wildman–Crippen LogP) is 19.7. The van der Waals surface area contributed by atoms with E-state index in [1.54, 1.807) is 0 Å². The zero-order chi connectivity index (χ0) is 57.3. The average Bonchev–Trinajstić information content (AvgIpc) is 2.48. The highest BCUT2D eigenvalue weighted by atomic mass is 15.4. The summed E-state index contributed by atoms with van der Waals surface area (Å²) in [6.45, 7) is 13.2. The highest BCUT2D eigenvalue weighted by molar-refractivity contribution is 6.03. The number of anilines is 6. The molecular formula is C76H60N8. The van der Waals surface area contributed by atoms with Crippen LogP contribution in [-0.4, -0.2) is 29.9 Å². The van der Waals surface area contributed by atoms with E-state index in [0.29, 0.717) is 35.2 Å². The Balaban J connectivity index is 1.09. The van der Waals surface area contributed by atoms with Crippen molar-refractivity contribution in [3.63, 3.8) is 0 Å². The summed E-state index contributed by atoms with van der Waals surface area (Å²) in [6, 6.07) is 88.7. The third-order valence-corrected chi connectivity index (χ3v) is 15.4. The molecule has 8 heteroatoms. The van der Waals surface area contributed by atoms with Crippen molar-refractivity contribution in [2.24, 2.45) is 0 Å². The molecule has 13 aromatic rings. The molecule has 0 unspecified atom stereocenters. The quantitative estimate of drug-likeness (QED) is 0.113. The van der Waals surface area contributed by atoms with E-state index in [1.807, 2.05) is 83.8 Å². The van der Waals surface area contributed by atoms with Gasteiger partial charge in [-0.25, -0.2) is 14.9 Å². The first-order chi connectivity index (χ1) is 41.1. The molecule has 0 aliphatic heterocycles. The fourth-order valence-electron chi connectivity index (χ4n) is 11.8. The minimum absolute atomic E-state index is 0.322. The van der Waals surface area contributed by atoms with E-state index in [4.69, 9.17) is 29.9 Å². The first kappa shape index (κ1) is 52.7. The van der Waals surface area contributed by atoms with Crippen LogP contribution in [0.15, 0.2) is 255 Å². The molecule has 404 valence electrons. The van der Waals surface area contributed by atoms with Gasteiger partial charge < -0.3 is 4.90 Å². The topological polar surface area (TPSA) is 83.8 Å². The van der Waals surface area contributed by atoms with Gasteiger partial charge in [-0.1, -0.05) is 217 Å². The van der Waals surface area contributed by atoms with Gasteiger partial charge in [-0.2, -0.15) is 19.9 Å². The Morgan fingerprint density at radius 1 is 0.262 bits per heavy atom. The van der Waals surface area contributed by atoms with Crippen LogP contribution in [0.2, 0.25) is 0 Å². The second kappa shape index (κ2) is 22.7. The molecule has 0 amide bonds. The van der Waals surface area contributed by atoms with E-state index < -0.39 is 0 Å². The van der Waals surface area contributed by atoms with E-state index in [2.05, 4.69) is 222 Å². The molecule has 0 atom stereocenters. The Hall–Kier alpha value is -10.7. The fourth-order valence-corrected chi connectivity index (χ4v) is 11.8. The summed E-state index contributed by atoms with van der Waals surface area (Å²) in [5.41, 5.74) is 20.8. The molecule has 2 heterocycles. The van der Waals surface area contributed by atoms with Gasteiger partial charge in [0.15, 0.2) is 23.3 Å². The summed E-state index contributed by atoms with van der Waals surface area (Å²) in [5.74, 6) is 2.60. The number of nitrogens with zero attached hydrogens (tertiary/aromatic N) is 8. The molecule has 0 radical (unpaired) electrons. The molecule has 13 rings (SSSR count). The van der Waals surface area contributed by atoms with Crippen molar-refractivity contribution in [2.75, 3.05) is 9.80 Å². The molecule has 8 nitrogen and oxygen atoms in total. The molecule has 0 bridgehead atoms. The van der Waals surface area contributed by atoms with Crippen molar-refractivity contribution < 1.29 is 0 Å². The minimum atomic E-state index is 0.322. The predicted molar refractivity (Wildman–Crippen MR) is 347 cm³/mol. The van der Waals surface area contributed by atoms with Crippen molar-refractivity contribution in [2.45, 2.75) is 41.5 Å². The standard InChI is InChI=1S/C76H60N8/c1-49-42-51(3)69(52(4)43-49)83(70-53(5)44-50(2)45-54(70)6)64-37-39-65(40-38-64)84(76-80-72(60-33-20-11-21-34-60)78-74(82-76)67-41-36-57-28-22-23-35-66(57)68(67)58-29-16-9-17-30-58)75-79-71(59-31-18-10-19-32-59)77-73(81-75)63-47-61(55-24-12-7-13-25-55)46-62(48-63)56-26-14-8-15-27-56/h7-48H,1-6H3. The average molecular weight is 1090 g/mol. The number of aryl methyl sites for hydroxylation is 6. The van der Waals surface area contributed by atoms with Gasteiger partial charge in [0.1, 0.15) is 0 Å². The highest BCUT2D eigenvalue weighted by Crippen LogP contribution is 2.45. The lowest BCUT2D eigenvalue weighted by Crippen LogP contribution is -2.19. The van der Waals surface area contributed by atoms with Gasteiger partial charge in [0, 0.05) is 33.5 Å². The van der Waals surface area contributed by atoms with E-state index in [9.17, 15) is 0 Å². The monoisotopic (exact) mass is 1080 g/mol. The van der Waals surface area contributed by atoms with E-state index in [-0.39, 0.29) is 0 Å². The van der Waals surface area contributed by atoms with Gasteiger partial charge in [0.05, 0.1) is 17.1 Å². The van der Waals surface area contributed by atoms with Gasteiger partial charge in [0.25, 0.3) is 0 Å². The van der Waals surface area contributed by atoms with Gasteiger partial charge >= 0.3 is 0 Å². The first-order valence-corrected chi connectivity index (χ1v) is 28.4. The van der Waals surface area contributed by atoms with E-state index in [0.717, 1.165) is 89.2 Å². The molecule has 0 spiro atoms. The smallest absolute Gasteiger partial charge is 0.241 e. The fraction of sp³-hybridized carbons (Fsp3) is 0.0789. The maximum Gasteiger partial charge on any atom is 0.241 e. The molecule has 0 saturated heterocycles. The number of hydrogen-bond donors (Lipinski definition) is 0. The van der Waals surface area contributed by atoms with Crippen molar-refractivity contribution >= 4 is 45.4 Å². The third-order valence-electron chi connectivity index (χ3n) is 15.4. The molecule has 2 aromatic heterocycles. The van der Waals surface area contributed by atoms with Crippen molar-refractivity contribution in [3.05, 3.63) is 288 Å². The van der Waals surface area contributed by atoms with E-state index in [1.165, 1.54) is 33.4 Å². The van der Waals surface area contributed by atoms with Crippen LogP contribution in [0.1, 0.15) is 33.4 Å². The zero-order valence-corrected chi connectivity index (χ0v) is 47.8. The summed E-state index contributed by atoms with van der Waals surface area (Å²) in [6.07, 6.45) is 0. The molecule has 0 fully saturated rings. The summed E-state index contributed by atoms with van der Waals surface area (Å²) in [4.78, 5) is 37.2. The van der Waals surface area contributed by atoms with Crippen LogP contribution >= 0.6 is 0 Å². The Bertz CT molecular complexity index is 4370. The maximum absolute atomic E-state index is 5.60. The Morgan fingerprint density at radius 2 is 0.619 bits per heavy atom. The molecular weight excluding hydrogens is 1020 g/mol. The number of hydrogen-bond acceptors (Lipinski definition) is 8. The molecule has 0 aliphatic carbocycles. The maximum atomic E-state index is 5.60. The molecule has 0 aliphatic rings. The SMILES string of the molecule is Cc1cc(C)c(N(c2ccc(N(c3nc(-c4ccccc4)nc(-c4cc(-c5ccccc5)cc(-c5ccccc5)c4)n3)c3nc(-c4ccccc4)nc(-c4ccc5ccccc5c4-c4ccccc4)n3)cc2)c2c(C)cc(C)cc2C)c(C)c1. The highest BCUT2D eigenvalue weighted by Gasteiger charge is 2.28. The summed E-state index contributed by atoms with van der Waals surface area (Å²) >= 11 is 0. The summed E-state index contributed by atoms with van der Waals surface area (Å²) in [5, 5.41) is 2.19. The Kier molecular flexibility index (Phi) is 14.2. The van der Waals surface area contributed by atoms with Crippen molar-refractivity contribution in [3.8, 4) is 78.9 Å². The van der Waals surface area contributed by atoms with Crippen molar-refractivity contribution in [1.82, 2.24) is 29.9 Å². The van der Waals surface area contributed by atoms with Crippen LogP contribution in [-0.2, 0) is 0 Å². The van der Waals surface area contributed by atoms with Crippen LogP contribution in [0.4, 0.5) is 34.6 Å². The second-order valence-corrected chi connectivity index (χ2v) is 21.6. The molecule has 11 aromatic carbocycles. The van der Waals surface area contributed by atoms with Crippen LogP contribution < -0.4 is 9.80 Å². The van der Waals surface area contributed by atoms with Gasteiger partial charge in [-0.05, 0) is 151 Å². The minimum Gasteiger partial charge on any atom is -0.309 e. The van der Waals surface area contributed by atoms with Gasteiger partial charge in [-0.3, -0.25) is 0 Å². The normalized spacial score (nSPS) is 11.2. The number of fused-ring (bicyclic) bond motifs is 1. The molecule has 0 N–H and O–H groups in total.